The molecule has 1 heterocycles. The van der Waals surface area contributed by atoms with Crippen LogP contribution in [0.1, 0.15) is 52.5 Å². The smallest absolute Gasteiger partial charge is 0.254 e. The van der Waals surface area contributed by atoms with Crippen molar-refractivity contribution in [1.29, 1.82) is 0 Å². The normalized spacial score (nSPS) is 11.9. The standard InChI is InChI=1S/C24H28N2O2S/c1-5-19(4)26(24(27)20-11-9-17(2)10-12-20)14-21-16-29-23(25-21)15-28-22-8-6-7-18(3)13-22/h6-13,16,19H,5,14-15H2,1-4H3. The fraction of sp³-hybridized carbons (Fsp3) is 0.333. The summed E-state index contributed by atoms with van der Waals surface area (Å²) < 4.78 is 5.86. The summed E-state index contributed by atoms with van der Waals surface area (Å²) in [6.07, 6.45) is 0.894. The minimum atomic E-state index is 0.0462. The summed E-state index contributed by atoms with van der Waals surface area (Å²) in [6, 6.07) is 15.9. The Morgan fingerprint density at radius 3 is 2.59 bits per heavy atom. The Kier molecular flexibility index (Phi) is 7.04. The van der Waals surface area contributed by atoms with Crippen molar-refractivity contribution in [2.45, 2.75) is 53.3 Å². The summed E-state index contributed by atoms with van der Waals surface area (Å²) in [4.78, 5) is 19.7. The van der Waals surface area contributed by atoms with E-state index in [1.165, 1.54) is 5.56 Å². The summed E-state index contributed by atoms with van der Waals surface area (Å²) in [5.41, 5.74) is 3.93. The lowest BCUT2D eigenvalue weighted by atomic mass is 10.1. The molecule has 29 heavy (non-hydrogen) atoms. The summed E-state index contributed by atoms with van der Waals surface area (Å²) in [5.74, 6) is 0.891. The van der Waals surface area contributed by atoms with Crippen molar-refractivity contribution in [2.75, 3.05) is 0 Å². The van der Waals surface area contributed by atoms with Gasteiger partial charge in [-0.25, -0.2) is 4.98 Å². The van der Waals surface area contributed by atoms with E-state index in [1.54, 1.807) is 11.3 Å². The maximum absolute atomic E-state index is 13.1. The third kappa shape index (κ3) is 5.67. The lowest BCUT2D eigenvalue weighted by Gasteiger charge is -2.28. The van der Waals surface area contributed by atoms with Crippen LogP contribution in [-0.2, 0) is 13.2 Å². The van der Waals surface area contributed by atoms with Crippen LogP contribution in [0, 0.1) is 13.8 Å². The predicted molar refractivity (Wildman–Crippen MR) is 118 cm³/mol. The van der Waals surface area contributed by atoms with Gasteiger partial charge < -0.3 is 9.64 Å². The molecule has 3 rings (SSSR count). The second-order valence-corrected chi connectivity index (χ2v) is 8.34. The van der Waals surface area contributed by atoms with Crippen LogP contribution in [0.15, 0.2) is 53.9 Å². The molecule has 0 fully saturated rings. The Hall–Kier alpha value is -2.66. The van der Waals surface area contributed by atoms with E-state index in [2.05, 4.69) is 13.8 Å². The Morgan fingerprint density at radius 1 is 1.14 bits per heavy atom. The Morgan fingerprint density at radius 2 is 1.90 bits per heavy atom. The molecule has 0 aliphatic heterocycles. The predicted octanol–water partition coefficient (Wildman–Crippen LogP) is 5.78. The van der Waals surface area contributed by atoms with E-state index in [0.717, 1.165) is 28.4 Å². The number of nitrogens with zero attached hydrogens (tertiary/aromatic N) is 2. The quantitative estimate of drug-likeness (QED) is 0.474. The molecule has 1 aromatic heterocycles. The SMILES string of the molecule is CCC(C)N(Cc1csc(COc2cccc(C)c2)n1)C(=O)c1ccc(C)cc1. The lowest BCUT2D eigenvalue weighted by Crippen LogP contribution is -2.37. The summed E-state index contributed by atoms with van der Waals surface area (Å²) >= 11 is 1.57. The third-order valence-electron chi connectivity index (χ3n) is 4.97. The fourth-order valence-corrected chi connectivity index (χ4v) is 3.72. The second kappa shape index (κ2) is 9.70. The molecule has 0 spiro atoms. The van der Waals surface area contributed by atoms with Crippen LogP contribution in [0.25, 0.3) is 0 Å². The van der Waals surface area contributed by atoms with Gasteiger partial charge in [0.2, 0.25) is 0 Å². The van der Waals surface area contributed by atoms with Crippen molar-refractivity contribution < 1.29 is 9.53 Å². The van der Waals surface area contributed by atoms with Gasteiger partial charge in [0.05, 0.1) is 12.2 Å². The number of rotatable bonds is 8. The van der Waals surface area contributed by atoms with Gasteiger partial charge >= 0.3 is 0 Å². The van der Waals surface area contributed by atoms with Crippen molar-refractivity contribution in [2.24, 2.45) is 0 Å². The second-order valence-electron chi connectivity index (χ2n) is 7.39. The van der Waals surface area contributed by atoms with E-state index >= 15 is 0 Å². The zero-order valence-corrected chi connectivity index (χ0v) is 18.3. The first-order valence-electron chi connectivity index (χ1n) is 9.96. The third-order valence-corrected chi connectivity index (χ3v) is 5.84. The molecule has 4 nitrogen and oxygen atoms in total. The highest BCUT2D eigenvalue weighted by molar-refractivity contribution is 7.09. The molecule has 152 valence electrons. The topological polar surface area (TPSA) is 42.4 Å². The molecule has 0 aliphatic rings. The van der Waals surface area contributed by atoms with Crippen LogP contribution in [0.2, 0.25) is 0 Å². The Bertz CT molecular complexity index is 950. The van der Waals surface area contributed by atoms with E-state index in [9.17, 15) is 4.79 Å². The van der Waals surface area contributed by atoms with E-state index in [-0.39, 0.29) is 11.9 Å². The highest BCUT2D eigenvalue weighted by atomic mass is 32.1. The van der Waals surface area contributed by atoms with Gasteiger partial charge in [-0.2, -0.15) is 0 Å². The summed E-state index contributed by atoms with van der Waals surface area (Å²) in [6.45, 7) is 9.19. The number of benzene rings is 2. The molecular formula is C24H28N2O2S. The van der Waals surface area contributed by atoms with Gasteiger partial charge in [0, 0.05) is 17.0 Å². The van der Waals surface area contributed by atoms with Crippen LogP contribution < -0.4 is 4.74 Å². The van der Waals surface area contributed by atoms with Crippen molar-refractivity contribution in [3.8, 4) is 5.75 Å². The number of aromatic nitrogens is 1. The molecule has 5 heteroatoms. The zero-order chi connectivity index (χ0) is 20.8. The number of hydrogen-bond donors (Lipinski definition) is 0. The van der Waals surface area contributed by atoms with Crippen molar-refractivity contribution in [3.05, 3.63) is 81.3 Å². The van der Waals surface area contributed by atoms with E-state index in [4.69, 9.17) is 9.72 Å². The monoisotopic (exact) mass is 408 g/mol. The van der Waals surface area contributed by atoms with Gasteiger partial charge in [0.1, 0.15) is 17.4 Å². The van der Waals surface area contributed by atoms with Crippen LogP contribution in [-0.4, -0.2) is 21.8 Å². The molecule has 0 aliphatic carbocycles. The number of thiazole rings is 1. The molecule has 2 aromatic carbocycles. The van der Waals surface area contributed by atoms with Crippen LogP contribution in [0.5, 0.6) is 5.75 Å². The molecule has 3 aromatic rings. The van der Waals surface area contributed by atoms with Crippen LogP contribution in [0.3, 0.4) is 0 Å². The Labute approximate surface area is 177 Å². The summed E-state index contributed by atoms with van der Waals surface area (Å²) in [5, 5.41) is 2.93. The molecule has 1 unspecified atom stereocenters. The molecule has 0 radical (unpaired) electrons. The molecule has 0 saturated carbocycles. The van der Waals surface area contributed by atoms with Crippen molar-refractivity contribution in [1.82, 2.24) is 9.88 Å². The van der Waals surface area contributed by atoms with E-state index in [1.807, 2.05) is 72.7 Å². The van der Waals surface area contributed by atoms with Gasteiger partial charge in [0.15, 0.2) is 0 Å². The largest absolute Gasteiger partial charge is 0.486 e. The van der Waals surface area contributed by atoms with Gasteiger partial charge in [-0.1, -0.05) is 36.8 Å². The molecule has 1 amide bonds. The van der Waals surface area contributed by atoms with Crippen LogP contribution >= 0.6 is 11.3 Å². The molecular weight excluding hydrogens is 380 g/mol. The molecule has 1 atom stereocenters. The highest BCUT2D eigenvalue weighted by Gasteiger charge is 2.22. The summed E-state index contributed by atoms with van der Waals surface area (Å²) in [7, 11) is 0. The zero-order valence-electron chi connectivity index (χ0n) is 17.5. The van der Waals surface area contributed by atoms with Gasteiger partial charge in [-0.15, -0.1) is 11.3 Å². The number of amides is 1. The van der Waals surface area contributed by atoms with Crippen molar-refractivity contribution in [3.63, 3.8) is 0 Å². The lowest BCUT2D eigenvalue weighted by molar-refractivity contribution is 0.0669. The maximum atomic E-state index is 13.1. The molecule has 0 N–H and O–H groups in total. The number of hydrogen-bond acceptors (Lipinski definition) is 4. The Balaban J connectivity index is 1.68. The average Bonchev–Trinajstić information content (AvgIpc) is 3.17. The fourth-order valence-electron chi connectivity index (χ4n) is 3.02. The first-order valence-corrected chi connectivity index (χ1v) is 10.8. The maximum Gasteiger partial charge on any atom is 0.254 e. The minimum Gasteiger partial charge on any atom is -0.486 e. The van der Waals surface area contributed by atoms with Crippen LogP contribution in [0.4, 0.5) is 0 Å². The van der Waals surface area contributed by atoms with Gasteiger partial charge in [-0.05, 0) is 57.0 Å². The first kappa shape index (κ1) is 21.1. The van der Waals surface area contributed by atoms with Crippen molar-refractivity contribution >= 4 is 17.2 Å². The number of aryl methyl sites for hydroxylation is 2. The van der Waals surface area contributed by atoms with E-state index in [0.29, 0.717) is 18.7 Å². The highest BCUT2D eigenvalue weighted by Crippen LogP contribution is 2.20. The van der Waals surface area contributed by atoms with E-state index < -0.39 is 0 Å². The molecule has 0 saturated heterocycles. The first-order chi connectivity index (χ1) is 14.0. The van der Waals surface area contributed by atoms with Gasteiger partial charge in [-0.3, -0.25) is 4.79 Å². The van der Waals surface area contributed by atoms with Gasteiger partial charge in [0.25, 0.3) is 5.91 Å². The molecule has 0 bridgehead atoms. The number of carbonyl (C=O) groups excluding carboxylic acids is 1. The number of ether oxygens (including phenoxy) is 1. The minimum absolute atomic E-state index is 0.0462. The number of carbonyl (C=O) groups is 1. The average molecular weight is 409 g/mol.